The van der Waals surface area contributed by atoms with Gasteiger partial charge in [-0.15, -0.1) is 10.2 Å². The summed E-state index contributed by atoms with van der Waals surface area (Å²) in [4.78, 5) is 11.4. The third-order valence-electron chi connectivity index (χ3n) is 6.58. The van der Waals surface area contributed by atoms with E-state index in [0.717, 1.165) is 37.1 Å². The Morgan fingerprint density at radius 1 is 1.03 bits per heavy atom. The monoisotopic (exact) mass is 407 g/mol. The van der Waals surface area contributed by atoms with Crippen molar-refractivity contribution < 1.29 is 9.13 Å². The van der Waals surface area contributed by atoms with Gasteiger partial charge in [0.25, 0.3) is 0 Å². The second kappa shape index (κ2) is 6.73. The summed E-state index contributed by atoms with van der Waals surface area (Å²) in [5.74, 6) is 0.962. The quantitative estimate of drug-likeness (QED) is 0.712. The van der Waals surface area contributed by atoms with Crippen molar-refractivity contribution in [3.05, 3.63) is 48.6 Å². The van der Waals surface area contributed by atoms with Gasteiger partial charge >= 0.3 is 0 Å². The number of hydrogen-bond acceptors (Lipinski definition) is 7. The molecule has 154 valence electrons. The second-order valence-electron chi connectivity index (χ2n) is 8.43. The van der Waals surface area contributed by atoms with Gasteiger partial charge in [0.2, 0.25) is 5.88 Å². The Hall–Kier alpha value is -3.07. The standard InChI is InChI=1S/C21H22FN7O/c1-12-20(29-16-4-13-5-17(29)7-14(6-16)27-13)23-9-24-21(12)30-19-3-2-15(8-18(19)22)28-10-25-26-11-28/h2-3,8-11,13-14,16-17,27H,4-7H2,1H3. The molecule has 8 nitrogen and oxygen atoms in total. The van der Waals surface area contributed by atoms with Crippen LogP contribution in [0.1, 0.15) is 31.2 Å². The van der Waals surface area contributed by atoms with Crippen molar-refractivity contribution in [3.63, 3.8) is 0 Å². The van der Waals surface area contributed by atoms with E-state index in [1.807, 2.05) is 6.92 Å². The van der Waals surface area contributed by atoms with Crippen LogP contribution in [0.4, 0.5) is 10.2 Å². The molecule has 1 aromatic carbocycles. The van der Waals surface area contributed by atoms with Crippen LogP contribution in [0.2, 0.25) is 0 Å². The van der Waals surface area contributed by atoms with Crippen molar-refractivity contribution in [2.24, 2.45) is 0 Å². The van der Waals surface area contributed by atoms with Crippen molar-refractivity contribution in [1.82, 2.24) is 30.0 Å². The second-order valence-corrected chi connectivity index (χ2v) is 8.43. The van der Waals surface area contributed by atoms with Gasteiger partial charge in [-0.3, -0.25) is 4.57 Å². The van der Waals surface area contributed by atoms with E-state index in [0.29, 0.717) is 35.7 Å². The first-order chi connectivity index (χ1) is 14.7. The lowest BCUT2D eigenvalue weighted by molar-refractivity contribution is 0.133. The molecule has 2 aromatic heterocycles. The fourth-order valence-corrected chi connectivity index (χ4v) is 5.36. The van der Waals surface area contributed by atoms with Gasteiger partial charge in [0.1, 0.15) is 24.8 Å². The van der Waals surface area contributed by atoms with E-state index in [4.69, 9.17) is 4.74 Å². The molecule has 4 bridgehead atoms. The summed E-state index contributed by atoms with van der Waals surface area (Å²) < 4.78 is 22.2. The van der Waals surface area contributed by atoms with Crippen LogP contribution in [0.3, 0.4) is 0 Å². The molecule has 7 rings (SSSR count). The minimum absolute atomic E-state index is 0.129. The van der Waals surface area contributed by atoms with Crippen LogP contribution >= 0.6 is 0 Å². The van der Waals surface area contributed by atoms with Gasteiger partial charge in [-0.2, -0.15) is 0 Å². The molecule has 3 aromatic rings. The number of hydrogen-bond donors (Lipinski definition) is 1. The molecule has 30 heavy (non-hydrogen) atoms. The highest BCUT2D eigenvalue weighted by molar-refractivity contribution is 5.54. The zero-order chi connectivity index (χ0) is 20.2. The van der Waals surface area contributed by atoms with E-state index in [1.165, 1.54) is 25.0 Å². The molecule has 0 unspecified atom stereocenters. The van der Waals surface area contributed by atoms with Crippen molar-refractivity contribution in [1.29, 1.82) is 0 Å². The third-order valence-corrected chi connectivity index (χ3v) is 6.58. The Morgan fingerprint density at radius 2 is 1.73 bits per heavy atom. The Labute approximate surface area is 173 Å². The molecule has 4 saturated heterocycles. The first-order valence-corrected chi connectivity index (χ1v) is 10.3. The van der Waals surface area contributed by atoms with E-state index in [9.17, 15) is 4.39 Å². The Kier molecular flexibility index (Phi) is 3.98. The van der Waals surface area contributed by atoms with E-state index >= 15 is 0 Å². The zero-order valence-electron chi connectivity index (χ0n) is 16.6. The maximum Gasteiger partial charge on any atom is 0.227 e. The van der Waals surface area contributed by atoms with Crippen LogP contribution in [0.25, 0.3) is 5.69 Å². The summed E-state index contributed by atoms with van der Waals surface area (Å²) in [6, 6.07) is 6.99. The topological polar surface area (TPSA) is 81.0 Å². The van der Waals surface area contributed by atoms with E-state index < -0.39 is 5.82 Å². The van der Waals surface area contributed by atoms with Crippen molar-refractivity contribution in [3.8, 4) is 17.3 Å². The lowest BCUT2D eigenvalue weighted by Crippen LogP contribution is -2.68. The predicted molar refractivity (Wildman–Crippen MR) is 107 cm³/mol. The van der Waals surface area contributed by atoms with Gasteiger partial charge in [-0.1, -0.05) is 0 Å². The predicted octanol–water partition coefficient (Wildman–Crippen LogP) is 2.77. The Balaban J connectivity index is 1.29. The van der Waals surface area contributed by atoms with Gasteiger partial charge in [0, 0.05) is 30.2 Å². The molecule has 4 aliphatic heterocycles. The normalized spacial score (nSPS) is 26.9. The molecular formula is C21H22FN7O. The number of ether oxygens (including phenoxy) is 1. The molecule has 4 fully saturated rings. The summed E-state index contributed by atoms with van der Waals surface area (Å²) in [5.41, 5.74) is 1.47. The summed E-state index contributed by atoms with van der Waals surface area (Å²) in [7, 11) is 0. The van der Waals surface area contributed by atoms with Crippen LogP contribution in [-0.4, -0.2) is 48.9 Å². The smallest absolute Gasteiger partial charge is 0.227 e. The highest BCUT2D eigenvalue weighted by Crippen LogP contribution is 2.43. The van der Waals surface area contributed by atoms with Crippen LogP contribution in [0.15, 0.2) is 37.2 Å². The average molecular weight is 407 g/mol. The SMILES string of the molecule is Cc1c(Oc2ccc(-n3cnnc3)cc2F)ncnc1N1C2CC3CC1CC(C2)N3. The van der Waals surface area contributed by atoms with Gasteiger partial charge in [-0.25, -0.2) is 14.4 Å². The number of aromatic nitrogens is 5. The van der Waals surface area contributed by atoms with Crippen LogP contribution in [0, 0.1) is 12.7 Å². The molecule has 0 amide bonds. The molecule has 0 aliphatic carbocycles. The number of nitrogens with one attached hydrogen (secondary N) is 1. The number of nitrogens with zero attached hydrogens (tertiary/aromatic N) is 6. The molecule has 0 saturated carbocycles. The number of anilines is 1. The fraction of sp³-hybridized carbons (Fsp3) is 0.429. The van der Waals surface area contributed by atoms with Gasteiger partial charge in [-0.05, 0) is 44.7 Å². The number of benzene rings is 1. The summed E-state index contributed by atoms with van der Waals surface area (Å²) in [6.07, 6.45) is 9.13. The lowest BCUT2D eigenvalue weighted by Gasteiger charge is -2.57. The molecule has 9 heteroatoms. The summed E-state index contributed by atoms with van der Waals surface area (Å²) in [5, 5.41) is 11.2. The van der Waals surface area contributed by atoms with Crippen LogP contribution in [-0.2, 0) is 0 Å². The van der Waals surface area contributed by atoms with Gasteiger partial charge in [0.15, 0.2) is 11.6 Å². The molecule has 0 atom stereocenters. The Bertz CT molecular complexity index is 1060. The van der Waals surface area contributed by atoms with Gasteiger partial charge in [0.05, 0.1) is 11.3 Å². The van der Waals surface area contributed by atoms with E-state index in [1.54, 1.807) is 16.7 Å². The molecular weight excluding hydrogens is 385 g/mol. The number of piperidine rings is 4. The maximum atomic E-state index is 14.7. The van der Waals surface area contributed by atoms with E-state index in [-0.39, 0.29) is 5.75 Å². The molecule has 4 aliphatic rings. The first kappa shape index (κ1) is 17.8. The van der Waals surface area contributed by atoms with Crippen LogP contribution < -0.4 is 15.0 Å². The van der Waals surface area contributed by atoms with Crippen molar-refractivity contribution in [2.75, 3.05) is 4.90 Å². The highest BCUT2D eigenvalue weighted by atomic mass is 19.1. The highest BCUT2D eigenvalue weighted by Gasteiger charge is 2.47. The van der Waals surface area contributed by atoms with E-state index in [2.05, 4.69) is 30.4 Å². The minimum atomic E-state index is -0.471. The molecule has 6 heterocycles. The molecule has 0 radical (unpaired) electrons. The van der Waals surface area contributed by atoms with Gasteiger partial charge < -0.3 is 15.0 Å². The van der Waals surface area contributed by atoms with Crippen molar-refractivity contribution >= 4 is 5.82 Å². The molecule has 1 N–H and O–H groups in total. The minimum Gasteiger partial charge on any atom is -0.435 e. The zero-order valence-corrected chi connectivity index (χ0v) is 16.6. The maximum absolute atomic E-state index is 14.7. The largest absolute Gasteiger partial charge is 0.435 e. The number of rotatable bonds is 4. The summed E-state index contributed by atoms with van der Waals surface area (Å²) in [6.45, 7) is 1.96. The average Bonchev–Trinajstić information content (AvgIpc) is 3.26. The molecule has 0 spiro atoms. The van der Waals surface area contributed by atoms with Crippen LogP contribution in [0.5, 0.6) is 11.6 Å². The fourth-order valence-electron chi connectivity index (χ4n) is 5.36. The lowest BCUT2D eigenvalue weighted by atomic mass is 9.74. The Morgan fingerprint density at radius 3 is 2.40 bits per heavy atom. The third kappa shape index (κ3) is 2.84. The summed E-state index contributed by atoms with van der Waals surface area (Å²) >= 11 is 0. The number of halogens is 1. The first-order valence-electron chi connectivity index (χ1n) is 10.3. The van der Waals surface area contributed by atoms with Crippen molar-refractivity contribution in [2.45, 2.75) is 56.8 Å².